The van der Waals surface area contributed by atoms with Crippen molar-refractivity contribution < 1.29 is 9.59 Å². The SMILES string of the molecule is CCC(C)C=O.CCCCC(CCC)c1ccc(Cl)cc1.CCCCCC.CN1CCN(C=O)CC1. The Balaban J connectivity index is 0. The van der Waals surface area contributed by atoms with E-state index in [-0.39, 0.29) is 5.92 Å². The molecular formula is C31H57ClN2O2. The van der Waals surface area contributed by atoms with Crippen molar-refractivity contribution in [2.75, 3.05) is 33.2 Å². The summed E-state index contributed by atoms with van der Waals surface area (Å²) in [5.41, 5.74) is 1.45. The second-order valence-corrected chi connectivity index (χ2v) is 10.3. The fourth-order valence-electron chi connectivity index (χ4n) is 3.54. The summed E-state index contributed by atoms with van der Waals surface area (Å²) in [6.07, 6.45) is 14.9. The molecule has 2 atom stereocenters. The van der Waals surface area contributed by atoms with Gasteiger partial charge in [0.2, 0.25) is 6.41 Å². The second kappa shape index (κ2) is 26.7. The van der Waals surface area contributed by atoms with E-state index in [1.165, 1.54) is 63.4 Å². The molecule has 0 radical (unpaired) electrons. The Morgan fingerprint density at radius 2 is 1.33 bits per heavy atom. The Morgan fingerprint density at radius 3 is 1.69 bits per heavy atom. The minimum absolute atomic E-state index is 0.255. The van der Waals surface area contributed by atoms with E-state index < -0.39 is 0 Å². The van der Waals surface area contributed by atoms with E-state index in [9.17, 15) is 9.59 Å². The molecule has 0 saturated carbocycles. The number of carbonyl (C=O) groups excluding carboxylic acids is 2. The van der Waals surface area contributed by atoms with Crippen LogP contribution in [0.2, 0.25) is 5.02 Å². The molecular weight excluding hydrogens is 468 g/mol. The first-order valence-corrected chi connectivity index (χ1v) is 14.8. The molecule has 1 aliphatic rings. The highest BCUT2D eigenvalue weighted by Gasteiger charge is 2.10. The summed E-state index contributed by atoms with van der Waals surface area (Å²) in [5.74, 6) is 0.984. The Kier molecular flexibility index (Phi) is 27.2. The lowest BCUT2D eigenvalue weighted by molar-refractivity contribution is -0.119. The molecule has 2 rings (SSSR count). The zero-order valence-corrected chi connectivity index (χ0v) is 25.4. The van der Waals surface area contributed by atoms with Crippen LogP contribution in [0, 0.1) is 5.92 Å². The molecule has 36 heavy (non-hydrogen) atoms. The number of nitrogens with zero attached hydrogens (tertiary/aromatic N) is 2. The van der Waals surface area contributed by atoms with Gasteiger partial charge in [0.05, 0.1) is 0 Å². The van der Waals surface area contributed by atoms with Crippen LogP contribution in [0.1, 0.15) is 117 Å². The molecule has 1 aromatic carbocycles. The molecule has 2 unspecified atom stereocenters. The van der Waals surface area contributed by atoms with Crippen LogP contribution < -0.4 is 0 Å². The first-order chi connectivity index (χ1) is 17.3. The van der Waals surface area contributed by atoms with Crippen LogP contribution in [0.25, 0.3) is 0 Å². The summed E-state index contributed by atoms with van der Waals surface area (Å²) in [6, 6.07) is 8.37. The third kappa shape index (κ3) is 21.9. The maximum Gasteiger partial charge on any atom is 0.209 e. The Hall–Kier alpha value is -1.39. The highest BCUT2D eigenvalue weighted by molar-refractivity contribution is 6.30. The molecule has 210 valence electrons. The number of hydrogen-bond acceptors (Lipinski definition) is 3. The van der Waals surface area contributed by atoms with Gasteiger partial charge in [-0.05, 0) is 49.9 Å². The van der Waals surface area contributed by atoms with Crippen molar-refractivity contribution in [1.82, 2.24) is 9.80 Å². The number of amides is 1. The van der Waals surface area contributed by atoms with E-state index in [0.717, 1.165) is 56.2 Å². The Bertz CT molecular complexity index is 597. The van der Waals surface area contributed by atoms with Gasteiger partial charge in [0, 0.05) is 37.1 Å². The van der Waals surface area contributed by atoms with Gasteiger partial charge in [-0.2, -0.15) is 0 Å². The largest absolute Gasteiger partial charge is 0.343 e. The average molecular weight is 525 g/mol. The number of hydrogen-bond donors (Lipinski definition) is 0. The van der Waals surface area contributed by atoms with Gasteiger partial charge in [0.1, 0.15) is 6.29 Å². The van der Waals surface area contributed by atoms with Crippen molar-refractivity contribution in [3.05, 3.63) is 34.9 Å². The van der Waals surface area contributed by atoms with Crippen molar-refractivity contribution in [1.29, 1.82) is 0 Å². The van der Waals surface area contributed by atoms with E-state index in [2.05, 4.69) is 51.8 Å². The number of halogens is 1. The van der Waals surface area contributed by atoms with Crippen LogP contribution in [0.5, 0.6) is 0 Å². The van der Waals surface area contributed by atoms with Gasteiger partial charge in [-0.3, -0.25) is 4.79 Å². The minimum Gasteiger partial charge on any atom is -0.343 e. The van der Waals surface area contributed by atoms with Gasteiger partial charge in [-0.15, -0.1) is 0 Å². The molecule has 0 aromatic heterocycles. The molecule has 0 bridgehead atoms. The molecule has 1 heterocycles. The zero-order chi connectivity index (χ0) is 27.6. The quantitative estimate of drug-likeness (QED) is 0.203. The molecule has 1 aliphatic heterocycles. The van der Waals surface area contributed by atoms with Crippen LogP contribution in [0.4, 0.5) is 0 Å². The van der Waals surface area contributed by atoms with Gasteiger partial charge in [0.15, 0.2) is 0 Å². The standard InChI is InChI=1S/C14H21Cl.C6H12N2O.C6H14.C5H10O/c1-3-5-7-12(6-4-2)13-8-10-14(15)11-9-13;1-7-2-4-8(6-9)5-3-7;1-3-5-6-4-2;1-3-5(2)4-6/h8-12H,3-7H2,1-2H3;6H,2-5H2,1H3;3-6H2,1-2H3;4-5H,3H2,1-2H3. The summed E-state index contributed by atoms with van der Waals surface area (Å²) in [6.45, 7) is 16.7. The van der Waals surface area contributed by atoms with E-state index in [1.54, 1.807) is 4.90 Å². The average Bonchev–Trinajstić information content (AvgIpc) is 2.91. The van der Waals surface area contributed by atoms with Gasteiger partial charge >= 0.3 is 0 Å². The number of rotatable bonds is 12. The predicted molar refractivity (Wildman–Crippen MR) is 159 cm³/mol. The van der Waals surface area contributed by atoms with Crippen LogP contribution in [-0.4, -0.2) is 55.7 Å². The number of aldehydes is 1. The predicted octanol–water partition coefficient (Wildman–Crippen LogP) is 8.62. The number of unbranched alkanes of at least 4 members (excludes halogenated alkanes) is 4. The van der Waals surface area contributed by atoms with Crippen LogP contribution in [-0.2, 0) is 9.59 Å². The Labute approximate surface area is 229 Å². The van der Waals surface area contributed by atoms with E-state index in [1.807, 2.05) is 26.0 Å². The van der Waals surface area contributed by atoms with Crippen molar-refractivity contribution in [3.8, 4) is 0 Å². The molecule has 1 fully saturated rings. The zero-order valence-electron chi connectivity index (χ0n) is 24.6. The number of carbonyl (C=O) groups is 2. The molecule has 5 heteroatoms. The monoisotopic (exact) mass is 524 g/mol. The van der Waals surface area contributed by atoms with Crippen molar-refractivity contribution in [2.24, 2.45) is 5.92 Å². The van der Waals surface area contributed by atoms with Gasteiger partial charge in [-0.1, -0.05) is 110 Å². The third-order valence-corrected chi connectivity index (χ3v) is 6.66. The van der Waals surface area contributed by atoms with Crippen molar-refractivity contribution in [3.63, 3.8) is 0 Å². The lowest BCUT2D eigenvalue weighted by atomic mass is 9.90. The first kappa shape index (κ1) is 36.8. The molecule has 1 aromatic rings. The maximum atomic E-state index is 10.2. The molecule has 1 amide bonds. The summed E-state index contributed by atoms with van der Waals surface area (Å²) in [4.78, 5) is 23.9. The minimum atomic E-state index is 0.255. The summed E-state index contributed by atoms with van der Waals surface area (Å²) in [7, 11) is 2.07. The van der Waals surface area contributed by atoms with Crippen LogP contribution >= 0.6 is 11.6 Å². The van der Waals surface area contributed by atoms with Gasteiger partial charge < -0.3 is 14.6 Å². The highest BCUT2D eigenvalue weighted by atomic mass is 35.5. The first-order valence-electron chi connectivity index (χ1n) is 14.4. The van der Waals surface area contributed by atoms with E-state index >= 15 is 0 Å². The Morgan fingerprint density at radius 1 is 0.806 bits per heavy atom. The summed E-state index contributed by atoms with van der Waals surface area (Å²) in [5, 5.41) is 0.837. The van der Waals surface area contributed by atoms with E-state index in [0.29, 0.717) is 0 Å². The maximum absolute atomic E-state index is 10.2. The molecule has 0 aliphatic carbocycles. The van der Waals surface area contributed by atoms with Crippen molar-refractivity contribution in [2.45, 2.75) is 112 Å². The van der Waals surface area contributed by atoms with E-state index in [4.69, 9.17) is 11.6 Å². The summed E-state index contributed by atoms with van der Waals surface area (Å²) < 4.78 is 0. The fraction of sp³-hybridized carbons (Fsp3) is 0.742. The van der Waals surface area contributed by atoms with Crippen LogP contribution in [0.3, 0.4) is 0 Å². The normalized spacial score (nSPS) is 14.6. The molecule has 4 nitrogen and oxygen atoms in total. The lowest BCUT2D eigenvalue weighted by Gasteiger charge is -2.29. The smallest absolute Gasteiger partial charge is 0.209 e. The second-order valence-electron chi connectivity index (χ2n) is 9.85. The van der Waals surface area contributed by atoms with Gasteiger partial charge in [0.25, 0.3) is 0 Å². The molecule has 0 spiro atoms. The third-order valence-electron chi connectivity index (χ3n) is 6.40. The van der Waals surface area contributed by atoms with Crippen molar-refractivity contribution >= 4 is 24.3 Å². The number of likely N-dealkylation sites (N-methyl/N-ethyl adjacent to an activating group) is 1. The highest BCUT2D eigenvalue weighted by Crippen LogP contribution is 2.27. The fourth-order valence-corrected chi connectivity index (χ4v) is 3.66. The van der Waals surface area contributed by atoms with Gasteiger partial charge in [-0.25, -0.2) is 0 Å². The molecule has 1 saturated heterocycles. The lowest BCUT2D eigenvalue weighted by Crippen LogP contribution is -2.43. The topological polar surface area (TPSA) is 40.6 Å². The molecule has 0 N–H and O–H groups in total. The number of piperazine rings is 1. The number of benzene rings is 1. The summed E-state index contributed by atoms with van der Waals surface area (Å²) >= 11 is 5.90. The van der Waals surface area contributed by atoms with Crippen LogP contribution in [0.15, 0.2) is 24.3 Å².